The van der Waals surface area contributed by atoms with E-state index in [9.17, 15) is 4.79 Å². The van der Waals surface area contributed by atoms with Gasteiger partial charge in [-0.05, 0) is 35.7 Å². The minimum absolute atomic E-state index is 0.0400. The fourth-order valence-electron chi connectivity index (χ4n) is 2.34. The van der Waals surface area contributed by atoms with E-state index in [4.69, 9.17) is 9.15 Å². The zero-order chi connectivity index (χ0) is 13.8. The van der Waals surface area contributed by atoms with Gasteiger partial charge >= 0.3 is 0 Å². The summed E-state index contributed by atoms with van der Waals surface area (Å²) in [6.07, 6.45) is 3.81. The predicted octanol–water partition coefficient (Wildman–Crippen LogP) is 2.46. The second-order valence-electron chi connectivity index (χ2n) is 4.90. The van der Waals surface area contributed by atoms with E-state index in [-0.39, 0.29) is 5.91 Å². The summed E-state index contributed by atoms with van der Waals surface area (Å²) in [5, 5.41) is 2.85. The molecule has 3 rings (SSSR count). The Kier molecular flexibility index (Phi) is 3.72. The lowest BCUT2D eigenvalue weighted by Gasteiger charge is -2.05. The summed E-state index contributed by atoms with van der Waals surface area (Å²) < 4.78 is 10.6. The van der Waals surface area contributed by atoms with E-state index in [0.29, 0.717) is 13.0 Å². The molecule has 1 aromatic carbocycles. The standard InChI is InChI=1S/C16H17NO3/c18-16(17-11-14-2-1-8-19-14)6-4-12-3-5-15-13(10-12)7-9-20-15/h1-3,5,8,10H,4,6-7,9,11H2,(H,17,18). The van der Waals surface area contributed by atoms with Crippen LogP contribution in [-0.4, -0.2) is 12.5 Å². The third kappa shape index (κ3) is 3.02. The zero-order valence-corrected chi connectivity index (χ0v) is 11.2. The van der Waals surface area contributed by atoms with Crippen LogP contribution in [0.2, 0.25) is 0 Å². The maximum Gasteiger partial charge on any atom is 0.220 e. The Bertz CT molecular complexity index is 590. The first-order chi connectivity index (χ1) is 9.81. The van der Waals surface area contributed by atoms with Crippen molar-refractivity contribution in [3.8, 4) is 5.75 Å². The minimum Gasteiger partial charge on any atom is -0.493 e. The average Bonchev–Trinajstić information content (AvgIpc) is 3.13. The highest BCUT2D eigenvalue weighted by Crippen LogP contribution is 2.26. The van der Waals surface area contributed by atoms with Crippen molar-refractivity contribution < 1.29 is 13.9 Å². The maximum atomic E-state index is 11.8. The van der Waals surface area contributed by atoms with Gasteiger partial charge in [0.2, 0.25) is 5.91 Å². The SMILES string of the molecule is O=C(CCc1ccc2c(c1)CCO2)NCc1ccco1. The molecule has 2 heterocycles. The van der Waals surface area contributed by atoms with Crippen LogP contribution in [0.3, 0.4) is 0 Å². The van der Waals surface area contributed by atoms with Gasteiger partial charge in [0.05, 0.1) is 19.4 Å². The summed E-state index contributed by atoms with van der Waals surface area (Å²) in [7, 11) is 0. The van der Waals surface area contributed by atoms with Crippen LogP contribution in [0.5, 0.6) is 5.75 Å². The molecule has 1 N–H and O–H groups in total. The zero-order valence-electron chi connectivity index (χ0n) is 11.2. The van der Waals surface area contributed by atoms with Gasteiger partial charge in [-0.1, -0.05) is 12.1 Å². The van der Waals surface area contributed by atoms with Gasteiger partial charge in [-0.2, -0.15) is 0 Å². The van der Waals surface area contributed by atoms with E-state index in [1.165, 1.54) is 11.1 Å². The number of rotatable bonds is 5. The van der Waals surface area contributed by atoms with Gasteiger partial charge in [-0.3, -0.25) is 4.79 Å². The second kappa shape index (κ2) is 5.82. The van der Waals surface area contributed by atoms with Gasteiger partial charge in [0, 0.05) is 12.8 Å². The van der Waals surface area contributed by atoms with Crippen LogP contribution in [0.1, 0.15) is 23.3 Å². The Morgan fingerprint density at radius 2 is 2.25 bits per heavy atom. The molecule has 0 radical (unpaired) electrons. The monoisotopic (exact) mass is 271 g/mol. The van der Waals surface area contributed by atoms with Crippen LogP contribution < -0.4 is 10.1 Å². The van der Waals surface area contributed by atoms with Crippen molar-refractivity contribution in [1.29, 1.82) is 0 Å². The lowest BCUT2D eigenvalue weighted by molar-refractivity contribution is -0.121. The summed E-state index contributed by atoms with van der Waals surface area (Å²) in [4.78, 5) is 11.8. The molecule has 1 aromatic heterocycles. The fourth-order valence-corrected chi connectivity index (χ4v) is 2.34. The first-order valence-electron chi connectivity index (χ1n) is 6.85. The summed E-state index contributed by atoms with van der Waals surface area (Å²) in [6.45, 7) is 1.21. The van der Waals surface area contributed by atoms with E-state index in [1.54, 1.807) is 6.26 Å². The number of furan rings is 1. The molecule has 1 amide bonds. The molecule has 1 aliphatic rings. The van der Waals surface area contributed by atoms with E-state index in [0.717, 1.165) is 31.0 Å². The first-order valence-corrected chi connectivity index (χ1v) is 6.85. The number of nitrogens with one attached hydrogen (secondary N) is 1. The summed E-state index contributed by atoms with van der Waals surface area (Å²) >= 11 is 0. The molecule has 1 aliphatic heterocycles. The normalized spacial score (nSPS) is 12.8. The van der Waals surface area contributed by atoms with Crippen LogP contribution in [0.15, 0.2) is 41.0 Å². The van der Waals surface area contributed by atoms with E-state index >= 15 is 0 Å². The molecule has 20 heavy (non-hydrogen) atoms. The van der Waals surface area contributed by atoms with Crippen LogP contribution in [0.25, 0.3) is 0 Å². The van der Waals surface area contributed by atoms with Crippen LogP contribution >= 0.6 is 0 Å². The quantitative estimate of drug-likeness (QED) is 0.908. The molecule has 0 saturated heterocycles. The van der Waals surface area contributed by atoms with Crippen LogP contribution in [0.4, 0.5) is 0 Å². The van der Waals surface area contributed by atoms with Gasteiger partial charge in [0.25, 0.3) is 0 Å². The van der Waals surface area contributed by atoms with Gasteiger partial charge < -0.3 is 14.5 Å². The number of aryl methyl sites for hydroxylation is 1. The van der Waals surface area contributed by atoms with E-state index in [1.807, 2.05) is 24.3 Å². The molecular weight excluding hydrogens is 254 g/mol. The fraction of sp³-hybridized carbons (Fsp3) is 0.312. The second-order valence-corrected chi connectivity index (χ2v) is 4.90. The number of hydrogen-bond acceptors (Lipinski definition) is 3. The largest absolute Gasteiger partial charge is 0.493 e. The molecule has 0 saturated carbocycles. The number of benzene rings is 1. The van der Waals surface area contributed by atoms with E-state index < -0.39 is 0 Å². The highest BCUT2D eigenvalue weighted by atomic mass is 16.5. The van der Waals surface area contributed by atoms with Crippen LogP contribution in [-0.2, 0) is 24.2 Å². The number of carbonyl (C=O) groups excluding carboxylic acids is 1. The average molecular weight is 271 g/mol. The number of amides is 1. The van der Waals surface area contributed by atoms with Gasteiger partial charge in [-0.15, -0.1) is 0 Å². The highest BCUT2D eigenvalue weighted by molar-refractivity contribution is 5.76. The van der Waals surface area contributed by atoms with Crippen molar-refractivity contribution in [2.75, 3.05) is 6.61 Å². The van der Waals surface area contributed by atoms with E-state index in [2.05, 4.69) is 11.4 Å². The maximum absolute atomic E-state index is 11.8. The molecular formula is C16H17NO3. The topological polar surface area (TPSA) is 51.5 Å². The van der Waals surface area contributed by atoms with Gasteiger partial charge in [0.15, 0.2) is 0 Å². The Morgan fingerprint density at radius 1 is 1.30 bits per heavy atom. The highest BCUT2D eigenvalue weighted by Gasteiger charge is 2.12. The Balaban J connectivity index is 1.48. The van der Waals surface area contributed by atoms with Crippen molar-refractivity contribution in [1.82, 2.24) is 5.32 Å². The summed E-state index contributed by atoms with van der Waals surface area (Å²) in [6, 6.07) is 9.83. The minimum atomic E-state index is 0.0400. The van der Waals surface area contributed by atoms with Crippen molar-refractivity contribution in [2.45, 2.75) is 25.8 Å². The third-order valence-corrected chi connectivity index (χ3v) is 3.43. The van der Waals surface area contributed by atoms with Gasteiger partial charge in [0.1, 0.15) is 11.5 Å². The molecule has 0 bridgehead atoms. The smallest absolute Gasteiger partial charge is 0.220 e. The first kappa shape index (κ1) is 12.8. The van der Waals surface area contributed by atoms with Crippen molar-refractivity contribution >= 4 is 5.91 Å². The van der Waals surface area contributed by atoms with Crippen molar-refractivity contribution in [3.63, 3.8) is 0 Å². The molecule has 0 fully saturated rings. The number of ether oxygens (including phenoxy) is 1. The molecule has 0 aliphatic carbocycles. The Morgan fingerprint density at radius 3 is 3.10 bits per heavy atom. The predicted molar refractivity (Wildman–Crippen MR) is 74.5 cm³/mol. The Hall–Kier alpha value is -2.23. The molecule has 0 spiro atoms. The molecule has 0 atom stereocenters. The summed E-state index contributed by atoms with van der Waals surface area (Å²) in [5.74, 6) is 1.79. The Labute approximate surface area is 117 Å². The molecule has 0 unspecified atom stereocenters. The summed E-state index contributed by atoms with van der Waals surface area (Å²) in [5.41, 5.74) is 2.43. The molecule has 2 aromatic rings. The molecule has 104 valence electrons. The van der Waals surface area contributed by atoms with Gasteiger partial charge in [-0.25, -0.2) is 0 Å². The lowest BCUT2D eigenvalue weighted by atomic mass is 10.0. The molecule has 4 nitrogen and oxygen atoms in total. The van der Waals surface area contributed by atoms with Crippen molar-refractivity contribution in [2.24, 2.45) is 0 Å². The van der Waals surface area contributed by atoms with Crippen molar-refractivity contribution in [3.05, 3.63) is 53.5 Å². The molecule has 4 heteroatoms. The van der Waals surface area contributed by atoms with Crippen LogP contribution in [0, 0.1) is 0 Å². The lowest BCUT2D eigenvalue weighted by Crippen LogP contribution is -2.22. The number of carbonyl (C=O) groups is 1. The third-order valence-electron chi connectivity index (χ3n) is 3.43. The number of hydrogen-bond donors (Lipinski definition) is 1. The number of fused-ring (bicyclic) bond motifs is 1.